The van der Waals surface area contributed by atoms with Crippen molar-refractivity contribution in [2.24, 2.45) is 0 Å². The zero-order chi connectivity index (χ0) is 23.0. The Morgan fingerprint density at radius 1 is 0.750 bits per heavy atom. The van der Waals surface area contributed by atoms with E-state index in [2.05, 4.69) is 22.5 Å². The molecule has 0 radical (unpaired) electrons. The third kappa shape index (κ3) is 11.0. The van der Waals surface area contributed by atoms with Crippen LogP contribution in [0.25, 0.3) is 0 Å². The second kappa shape index (κ2) is 15.1. The van der Waals surface area contributed by atoms with Gasteiger partial charge in [0.15, 0.2) is 0 Å². The van der Waals surface area contributed by atoms with Crippen molar-refractivity contribution in [2.75, 3.05) is 30.3 Å². The average molecular weight is 442 g/mol. The lowest BCUT2D eigenvalue weighted by Crippen LogP contribution is -2.32. The summed E-state index contributed by atoms with van der Waals surface area (Å²) in [5.41, 5.74) is 1.24. The van der Waals surface area contributed by atoms with Crippen LogP contribution in [0.15, 0.2) is 54.6 Å². The van der Waals surface area contributed by atoms with Gasteiger partial charge >= 0.3 is 0 Å². The van der Waals surface area contributed by atoms with Crippen LogP contribution in [0.4, 0.5) is 15.8 Å². The maximum absolute atomic E-state index is 13.3. The van der Waals surface area contributed by atoms with Crippen LogP contribution in [-0.4, -0.2) is 36.3 Å². The first-order chi connectivity index (χ1) is 15.6. The predicted octanol–water partition coefficient (Wildman–Crippen LogP) is 5.85. The average Bonchev–Trinajstić information content (AvgIpc) is 2.78. The first-order valence-electron chi connectivity index (χ1n) is 11.7. The maximum Gasteiger partial charge on any atom is 0.225 e. The fourth-order valence-electron chi connectivity index (χ4n) is 3.51. The van der Waals surface area contributed by atoms with Gasteiger partial charge in [0.05, 0.1) is 0 Å². The molecule has 0 aliphatic carbocycles. The molecule has 0 unspecified atom stereocenters. The lowest BCUT2D eigenvalue weighted by molar-refractivity contribution is -0.116. The highest BCUT2D eigenvalue weighted by Crippen LogP contribution is 2.11. The molecule has 0 saturated heterocycles. The number of unbranched alkanes of at least 4 members (excludes halogenated alkanes) is 5. The van der Waals surface area contributed by atoms with E-state index in [-0.39, 0.29) is 17.6 Å². The minimum atomic E-state index is -0.378. The van der Waals surface area contributed by atoms with Crippen LogP contribution in [-0.2, 0) is 9.59 Å². The van der Waals surface area contributed by atoms with Crippen molar-refractivity contribution < 1.29 is 14.0 Å². The third-order valence-electron chi connectivity index (χ3n) is 5.30. The van der Waals surface area contributed by atoms with Crippen LogP contribution in [0.2, 0.25) is 0 Å². The second-order valence-corrected chi connectivity index (χ2v) is 8.08. The van der Waals surface area contributed by atoms with E-state index in [0.29, 0.717) is 31.6 Å². The van der Waals surface area contributed by atoms with E-state index in [0.717, 1.165) is 25.1 Å². The van der Waals surface area contributed by atoms with Crippen molar-refractivity contribution in [3.05, 3.63) is 60.4 Å². The van der Waals surface area contributed by atoms with Gasteiger partial charge in [-0.05, 0) is 43.3 Å². The molecule has 0 heterocycles. The number of carbonyl (C=O) groups excluding carboxylic acids is 2. The molecule has 0 aromatic heterocycles. The molecule has 174 valence electrons. The predicted molar refractivity (Wildman–Crippen MR) is 129 cm³/mol. The molecular weight excluding hydrogens is 405 g/mol. The van der Waals surface area contributed by atoms with Crippen LogP contribution < -0.4 is 10.6 Å². The molecule has 2 aromatic carbocycles. The molecule has 2 aromatic rings. The van der Waals surface area contributed by atoms with Crippen molar-refractivity contribution in [3.63, 3.8) is 0 Å². The van der Waals surface area contributed by atoms with Crippen molar-refractivity contribution >= 4 is 23.2 Å². The molecular formula is C26H36FN3O2. The van der Waals surface area contributed by atoms with E-state index in [1.54, 1.807) is 12.1 Å². The van der Waals surface area contributed by atoms with Gasteiger partial charge in [0.2, 0.25) is 11.8 Å². The standard InChI is InChI=1S/C26H36FN3O2/c1-2-3-4-5-6-10-18-30(19-16-25(31)28-23-13-8-7-9-14-23)20-17-26(32)29-24-15-11-12-22(27)21-24/h7-9,11-15,21H,2-6,10,16-20H2,1H3,(H,28,31)(H,29,32). The van der Waals surface area contributed by atoms with Crippen molar-refractivity contribution in [1.82, 2.24) is 4.90 Å². The lowest BCUT2D eigenvalue weighted by Gasteiger charge is -2.22. The molecule has 2 rings (SSSR count). The molecule has 0 atom stereocenters. The Balaban J connectivity index is 1.79. The van der Waals surface area contributed by atoms with Crippen LogP contribution >= 0.6 is 0 Å². The summed E-state index contributed by atoms with van der Waals surface area (Å²) in [6, 6.07) is 15.3. The van der Waals surface area contributed by atoms with E-state index in [1.807, 2.05) is 30.3 Å². The highest BCUT2D eigenvalue weighted by molar-refractivity contribution is 5.91. The van der Waals surface area contributed by atoms with E-state index in [4.69, 9.17) is 0 Å². The number of anilines is 2. The molecule has 6 heteroatoms. The Kier molecular flexibility index (Phi) is 12.1. The quantitative estimate of drug-likeness (QED) is 0.341. The molecule has 2 amide bonds. The number of nitrogens with one attached hydrogen (secondary N) is 2. The van der Waals surface area contributed by atoms with Gasteiger partial charge in [-0.1, -0.05) is 63.3 Å². The van der Waals surface area contributed by atoms with Gasteiger partial charge in [-0.15, -0.1) is 0 Å². The number of nitrogens with zero attached hydrogens (tertiary/aromatic N) is 1. The molecule has 0 bridgehead atoms. The smallest absolute Gasteiger partial charge is 0.225 e. The van der Waals surface area contributed by atoms with E-state index < -0.39 is 0 Å². The van der Waals surface area contributed by atoms with Crippen molar-refractivity contribution in [2.45, 2.75) is 58.3 Å². The number of carbonyl (C=O) groups is 2. The van der Waals surface area contributed by atoms with Gasteiger partial charge in [-0.2, -0.15) is 0 Å². The zero-order valence-corrected chi connectivity index (χ0v) is 19.1. The summed E-state index contributed by atoms with van der Waals surface area (Å²) >= 11 is 0. The molecule has 0 aliphatic rings. The molecule has 0 aliphatic heterocycles. The fourth-order valence-corrected chi connectivity index (χ4v) is 3.51. The van der Waals surface area contributed by atoms with E-state index in [1.165, 1.54) is 37.8 Å². The summed E-state index contributed by atoms with van der Waals surface area (Å²) in [7, 11) is 0. The Bertz CT molecular complexity index is 814. The molecule has 0 spiro atoms. The number of hydrogen-bond acceptors (Lipinski definition) is 3. The summed E-state index contributed by atoms with van der Waals surface area (Å²) in [5.74, 6) is -0.567. The van der Waals surface area contributed by atoms with Gasteiger partial charge in [-0.3, -0.25) is 9.59 Å². The number of para-hydroxylation sites is 1. The first kappa shape index (κ1) is 25.5. The molecule has 32 heavy (non-hydrogen) atoms. The minimum Gasteiger partial charge on any atom is -0.326 e. The van der Waals surface area contributed by atoms with Gasteiger partial charge in [0, 0.05) is 37.3 Å². The highest BCUT2D eigenvalue weighted by atomic mass is 19.1. The van der Waals surface area contributed by atoms with Gasteiger partial charge in [0.1, 0.15) is 5.82 Å². The van der Waals surface area contributed by atoms with E-state index in [9.17, 15) is 14.0 Å². The molecule has 0 fully saturated rings. The normalized spacial score (nSPS) is 10.8. The van der Waals surface area contributed by atoms with Gasteiger partial charge in [-0.25, -0.2) is 4.39 Å². The largest absolute Gasteiger partial charge is 0.326 e. The molecule has 2 N–H and O–H groups in total. The summed E-state index contributed by atoms with van der Waals surface area (Å²) in [4.78, 5) is 26.8. The highest BCUT2D eigenvalue weighted by Gasteiger charge is 2.11. The van der Waals surface area contributed by atoms with Crippen LogP contribution in [0.3, 0.4) is 0 Å². The van der Waals surface area contributed by atoms with E-state index >= 15 is 0 Å². The van der Waals surface area contributed by atoms with Crippen LogP contribution in [0.5, 0.6) is 0 Å². The zero-order valence-electron chi connectivity index (χ0n) is 19.1. The Labute approximate surface area is 191 Å². The second-order valence-electron chi connectivity index (χ2n) is 8.08. The summed E-state index contributed by atoms with van der Waals surface area (Å²) < 4.78 is 13.3. The maximum atomic E-state index is 13.3. The summed E-state index contributed by atoms with van der Waals surface area (Å²) in [5, 5.41) is 5.65. The van der Waals surface area contributed by atoms with Crippen molar-refractivity contribution in [1.29, 1.82) is 0 Å². The number of hydrogen-bond donors (Lipinski definition) is 2. The Morgan fingerprint density at radius 3 is 2.00 bits per heavy atom. The fraction of sp³-hybridized carbons (Fsp3) is 0.462. The minimum absolute atomic E-state index is 0.0339. The topological polar surface area (TPSA) is 61.4 Å². The summed E-state index contributed by atoms with van der Waals surface area (Å²) in [6.45, 7) is 4.23. The number of halogens is 1. The van der Waals surface area contributed by atoms with Gasteiger partial charge < -0.3 is 15.5 Å². The Morgan fingerprint density at radius 2 is 1.34 bits per heavy atom. The van der Waals surface area contributed by atoms with Gasteiger partial charge in [0.25, 0.3) is 0 Å². The first-order valence-corrected chi connectivity index (χ1v) is 11.7. The summed E-state index contributed by atoms with van der Waals surface area (Å²) in [6.07, 6.45) is 7.84. The lowest BCUT2D eigenvalue weighted by atomic mass is 10.1. The number of benzene rings is 2. The van der Waals surface area contributed by atoms with Crippen molar-refractivity contribution in [3.8, 4) is 0 Å². The molecule has 5 nitrogen and oxygen atoms in total. The Hall–Kier alpha value is -2.73. The van der Waals surface area contributed by atoms with Crippen LogP contribution in [0, 0.1) is 5.82 Å². The number of amides is 2. The monoisotopic (exact) mass is 441 g/mol. The molecule has 0 saturated carbocycles. The van der Waals surface area contributed by atoms with Crippen LogP contribution in [0.1, 0.15) is 58.3 Å². The number of rotatable bonds is 15. The third-order valence-corrected chi connectivity index (χ3v) is 5.30. The SMILES string of the molecule is CCCCCCCCN(CCC(=O)Nc1ccccc1)CCC(=O)Nc1cccc(F)c1.